The van der Waals surface area contributed by atoms with Gasteiger partial charge in [-0.1, -0.05) is 88.4 Å². The molecular formula is C68H88ClN7O19S2. The standard InChI is InChI=1S/C31H41N3O8S.C24H33N3O4S.C13H13NO7.ClH/c1-31(2,15-7-16-32)21-34(43(37,38)24-12-10-23(39-3)11-13-24)19-27(35)26(18-22-8-5-4-6-9-22)33-30(36)42-28-20-41-29-25(28)14-17-40-29;1-24(2,14-7-15-25)18-27(32(29,30)21-12-10-20(31-3)11-13-21)17-23(28)22(26)16-19-8-5-4-6-9-19;15-13(20-9-3-1-8(2-4-9)14(16)17)21-11-7-19-12-10(11)5-6-18-12;/h4-6,8-13,25-29,35H,7,14-15,17-21H2,1-3H3,(H,33,36);4-6,8-13,22-23,28H,7,14,16-18,26H2,1-3H3;1-4,10-12H,5-7H2;1H/t25-,26+,27-,28+,29+;22?,23-;10-,11+,12+;/m111./s1. The number of nitriles is 2. The van der Waals surface area contributed by atoms with Gasteiger partial charge in [0, 0.05) is 57.2 Å². The highest BCUT2D eigenvalue weighted by Gasteiger charge is 2.46. The monoisotopic (exact) mass is 1410 g/mol. The molecule has 10 atom stereocenters. The van der Waals surface area contributed by atoms with E-state index in [9.17, 15) is 46.8 Å². The molecule has 0 bridgehead atoms. The smallest absolute Gasteiger partial charge is 0.497 e. The Kier molecular flexibility index (Phi) is 29.8. The Hall–Kier alpha value is -7.55. The first-order chi connectivity index (χ1) is 45.7. The molecule has 5 aromatic carbocycles. The van der Waals surface area contributed by atoms with Gasteiger partial charge in [-0.15, -0.1) is 12.4 Å². The van der Waals surface area contributed by atoms with Gasteiger partial charge in [-0.05, 0) is 121 Å². The Morgan fingerprint density at radius 2 is 1.07 bits per heavy atom. The van der Waals surface area contributed by atoms with E-state index in [0.29, 0.717) is 50.4 Å². The second kappa shape index (κ2) is 36.9. The van der Waals surface area contributed by atoms with Gasteiger partial charge in [0.25, 0.3) is 5.69 Å². The Balaban J connectivity index is 0.000000242. The summed E-state index contributed by atoms with van der Waals surface area (Å²) in [6.45, 7) is 8.98. The van der Waals surface area contributed by atoms with Gasteiger partial charge in [-0.3, -0.25) is 10.1 Å². The van der Waals surface area contributed by atoms with Crippen LogP contribution in [0.4, 0.5) is 15.3 Å². The number of carbonyl (C=O) groups is 2. The van der Waals surface area contributed by atoms with E-state index in [2.05, 4.69) is 17.5 Å². The molecule has 0 radical (unpaired) electrons. The molecule has 9 rings (SSSR count). The number of fused-ring (bicyclic) bond motifs is 2. The Morgan fingerprint density at radius 1 is 0.649 bits per heavy atom. The van der Waals surface area contributed by atoms with Crippen molar-refractivity contribution in [2.24, 2.45) is 28.4 Å². The molecule has 0 spiro atoms. The molecule has 1 unspecified atom stereocenters. The number of nitrogens with zero attached hydrogens (tertiary/aromatic N) is 5. The summed E-state index contributed by atoms with van der Waals surface area (Å²) in [7, 11) is -4.98. The molecule has 1 amide bonds. The van der Waals surface area contributed by atoms with E-state index in [1.807, 2.05) is 88.4 Å². The van der Waals surface area contributed by atoms with Gasteiger partial charge < -0.3 is 63.9 Å². The quantitative estimate of drug-likeness (QED) is 0.0150. The molecule has 97 heavy (non-hydrogen) atoms. The minimum Gasteiger partial charge on any atom is -0.497 e. The summed E-state index contributed by atoms with van der Waals surface area (Å²) in [4.78, 5) is 34.9. The van der Waals surface area contributed by atoms with E-state index in [-0.39, 0.29) is 116 Å². The molecular weight excluding hydrogens is 1320 g/mol. The van der Waals surface area contributed by atoms with Crippen LogP contribution in [-0.4, -0.2) is 169 Å². The van der Waals surface area contributed by atoms with Crippen molar-refractivity contribution < 1.29 is 84.2 Å². The number of halogens is 1. The van der Waals surface area contributed by atoms with Crippen LogP contribution in [0.25, 0.3) is 0 Å². The predicted molar refractivity (Wildman–Crippen MR) is 357 cm³/mol. The minimum absolute atomic E-state index is 0. The normalized spacial score (nSPS) is 20.1. The third-order valence-corrected chi connectivity index (χ3v) is 20.5. The molecule has 4 heterocycles. The van der Waals surface area contributed by atoms with Crippen molar-refractivity contribution in [3.8, 4) is 29.4 Å². The van der Waals surface area contributed by atoms with Crippen LogP contribution in [0.1, 0.15) is 77.3 Å². The van der Waals surface area contributed by atoms with Crippen LogP contribution >= 0.6 is 12.4 Å². The number of alkyl carbamates (subject to hydrolysis) is 1. The van der Waals surface area contributed by atoms with Crippen LogP contribution in [0, 0.1) is 55.4 Å². The van der Waals surface area contributed by atoms with Crippen molar-refractivity contribution in [3.05, 3.63) is 155 Å². The van der Waals surface area contributed by atoms with Crippen molar-refractivity contribution in [2.75, 3.05) is 66.8 Å². The highest BCUT2D eigenvalue weighted by atomic mass is 35.5. The average Bonchev–Trinajstić information content (AvgIpc) is 1.62. The molecule has 4 aliphatic heterocycles. The number of aliphatic hydroxyl groups is 2. The first-order valence-electron chi connectivity index (χ1n) is 31.5. The minimum atomic E-state index is -4.08. The Bertz CT molecular complexity index is 3610. The topological polar surface area (TPSA) is 361 Å². The number of amides is 1. The fourth-order valence-corrected chi connectivity index (χ4v) is 14.6. The lowest BCUT2D eigenvalue weighted by Gasteiger charge is -2.35. The number of hydrogen-bond donors (Lipinski definition) is 4. The third kappa shape index (κ3) is 23.3. The number of carbonyl (C=O) groups excluding carboxylic acids is 2. The van der Waals surface area contributed by atoms with E-state index < -0.39 is 78.4 Å². The molecule has 0 saturated carbocycles. The zero-order chi connectivity index (χ0) is 69.6. The molecule has 4 fully saturated rings. The van der Waals surface area contributed by atoms with Gasteiger partial charge in [0.2, 0.25) is 20.0 Å². The van der Waals surface area contributed by atoms with E-state index in [1.54, 1.807) is 24.3 Å². The fourth-order valence-electron chi connectivity index (χ4n) is 11.3. The second-order valence-corrected chi connectivity index (χ2v) is 29.1. The van der Waals surface area contributed by atoms with E-state index in [1.165, 1.54) is 71.4 Å². The maximum absolute atomic E-state index is 13.9. The lowest BCUT2D eigenvalue weighted by atomic mass is 9.88. The molecule has 0 aliphatic carbocycles. The zero-order valence-electron chi connectivity index (χ0n) is 55.2. The van der Waals surface area contributed by atoms with Crippen molar-refractivity contribution in [1.29, 1.82) is 10.5 Å². The van der Waals surface area contributed by atoms with E-state index in [0.717, 1.165) is 24.0 Å². The first-order valence-corrected chi connectivity index (χ1v) is 34.4. The number of rotatable bonds is 29. The number of non-ortho nitro benzene ring substituents is 1. The summed E-state index contributed by atoms with van der Waals surface area (Å²) in [5, 5.41) is 53.8. The summed E-state index contributed by atoms with van der Waals surface area (Å²) < 4.78 is 105. The van der Waals surface area contributed by atoms with Gasteiger partial charge in [0.15, 0.2) is 12.6 Å². The SMILES string of the molecule is COc1ccc(S(=O)(=O)N(C[C@@H](O)C(N)Cc2ccccc2)CC(C)(C)CCC#N)cc1.COc1ccc(S(=O)(=O)N(C[C@@H](O)[C@H](Cc2ccccc2)NC(=O)O[C@H]2CO[C@@H]3OCC[C@@H]32)CC(C)(C)CCC#N)cc1.Cl.O=C(Oc1ccc([N+](=O)[O-])cc1)O[C@H]1CO[C@@H]2OCC[C@@H]21. The molecule has 26 nitrogen and oxygen atoms in total. The van der Waals surface area contributed by atoms with Crippen molar-refractivity contribution >= 4 is 50.4 Å². The van der Waals surface area contributed by atoms with Crippen molar-refractivity contribution in [1.82, 2.24) is 13.9 Å². The second-order valence-electron chi connectivity index (χ2n) is 25.3. The highest BCUT2D eigenvalue weighted by molar-refractivity contribution is 7.89. The summed E-state index contributed by atoms with van der Waals surface area (Å²) in [6.07, 6.45) is -1.75. The summed E-state index contributed by atoms with van der Waals surface area (Å²) in [6, 6.07) is 38.9. The maximum Gasteiger partial charge on any atom is 0.514 e. The van der Waals surface area contributed by atoms with Gasteiger partial charge in [-0.25, -0.2) is 26.4 Å². The van der Waals surface area contributed by atoms with Gasteiger partial charge in [-0.2, -0.15) is 19.1 Å². The van der Waals surface area contributed by atoms with Crippen molar-refractivity contribution in [2.45, 2.75) is 138 Å². The Labute approximate surface area is 573 Å². The lowest BCUT2D eigenvalue weighted by molar-refractivity contribution is -0.384. The molecule has 528 valence electrons. The maximum atomic E-state index is 13.9. The summed E-state index contributed by atoms with van der Waals surface area (Å²) in [5.74, 6) is 1.23. The van der Waals surface area contributed by atoms with Crippen LogP contribution < -0.4 is 25.3 Å². The van der Waals surface area contributed by atoms with Gasteiger partial charge in [0.05, 0.1) is 97.6 Å². The number of nitrogens with two attached hydrogens (primary N) is 1. The van der Waals surface area contributed by atoms with Crippen LogP contribution in [-0.2, 0) is 61.3 Å². The molecule has 29 heteroatoms. The number of hydrogen-bond acceptors (Lipinski definition) is 22. The van der Waals surface area contributed by atoms with Crippen molar-refractivity contribution in [3.63, 3.8) is 0 Å². The zero-order valence-corrected chi connectivity index (χ0v) is 57.6. The number of nitrogens with one attached hydrogen (secondary N) is 1. The summed E-state index contributed by atoms with van der Waals surface area (Å²) >= 11 is 0. The molecule has 5 aromatic rings. The van der Waals surface area contributed by atoms with Crippen LogP contribution in [0.3, 0.4) is 0 Å². The molecule has 4 aliphatic rings. The highest BCUT2D eigenvalue weighted by Crippen LogP contribution is 2.36. The Morgan fingerprint density at radius 3 is 1.51 bits per heavy atom. The van der Waals surface area contributed by atoms with E-state index in [4.69, 9.17) is 58.9 Å². The number of benzene rings is 5. The van der Waals surface area contributed by atoms with Gasteiger partial charge in [0.1, 0.15) is 29.5 Å². The number of aliphatic hydroxyl groups excluding tert-OH is 2. The predicted octanol–water partition coefficient (Wildman–Crippen LogP) is 8.72. The largest absolute Gasteiger partial charge is 0.514 e. The molecule has 5 N–H and O–H groups in total. The summed E-state index contributed by atoms with van der Waals surface area (Å²) in [5.41, 5.74) is 6.94. The number of nitro groups is 1. The fraction of sp³-hybridized carbons (Fsp3) is 0.500. The average molecular weight is 1410 g/mol. The first kappa shape index (κ1) is 78.4. The number of sulfonamides is 2. The molecule has 0 aromatic heterocycles. The molecule has 4 saturated heterocycles. The van der Waals surface area contributed by atoms with E-state index >= 15 is 0 Å². The lowest BCUT2D eigenvalue weighted by Crippen LogP contribution is -2.52. The number of nitro benzene ring substituents is 1. The number of ether oxygens (including phenoxy) is 9. The number of methoxy groups -OCH3 is 2. The van der Waals surface area contributed by atoms with Crippen LogP contribution in [0.2, 0.25) is 0 Å². The van der Waals surface area contributed by atoms with Crippen LogP contribution in [0.5, 0.6) is 17.2 Å². The third-order valence-electron chi connectivity index (χ3n) is 16.8. The van der Waals surface area contributed by atoms with Gasteiger partial charge >= 0.3 is 12.2 Å². The van der Waals surface area contributed by atoms with Crippen LogP contribution in [0.15, 0.2) is 143 Å².